The zero-order valence-corrected chi connectivity index (χ0v) is 14.5. The van der Waals surface area contributed by atoms with Gasteiger partial charge in [0.15, 0.2) is 6.29 Å². The number of aromatic carboxylic acids is 2. The second-order valence-corrected chi connectivity index (χ2v) is 5.00. The lowest BCUT2D eigenvalue weighted by Gasteiger charge is -2.04. The standard InChI is InChI=1S/C6H4O5.C6H14O2.C4H10O2/c7-5(8)3-1-2-4(11-3)6(9)10;1-2-3-6(8)4-5-7;1-2-3-4(5)6/h1-2H,(H,7,8)(H,9,10);6-8H,2-5H2,1H3;4-6H,2-3H2,1H3. The van der Waals surface area contributed by atoms with Crippen molar-refractivity contribution in [3.05, 3.63) is 23.7 Å². The molecular weight excluding hydrogens is 336 g/mol. The zero-order valence-electron chi connectivity index (χ0n) is 14.5. The molecule has 1 atom stereocenters. The fourth-order valence-electron chi connectivity index (χ4n) is 1.45. The van der Waals surface area contributed by atoms with Gasteiger partial charge in [0.1, 0.15) is 0 Å². The molecular formula is C16H28O9. The number of carbonyl (C=O) groups is 2. The maximum atomic E-state index is 10.2. The molecule has 0 saturated carbocycles. The number of aliphatic hydroxyl groups excluding tert-OH is 3. The van der Waals surface area contributed by atoms with Crippen molar-refractivity contribution in [1.29, 1.82) is 0 Å². The third kappa shape index (κ3) is 15.3. The van der Waals surface area contributed by atoms with Crippen molar-refractivity contribution in [2.24, 2.45) is 0 Å². The van der Waals surface area contributed by atoms with Gasteiger partial charge in [-0.05, 0) is 31.4 Å². The van der Waals surface area contributed by atoms with Crippen LogP contribution in [0, 0.1) is 0 Å². The lowest BCUT2D eigenvalue weighted by Crippen LogP contribution is -2.07. The lowest BCUT2D eigenvalue weighted by molar-refractivity contribution is -0.0453. The van der Waals surface area contributed by atoms with Gasteiger partial charge in [0.25, 0.3) is 0 Å². The van der Waals surface area contributed by atoms with Crippen LogP contribution in [0.1, 0.15) is 67.1 Å². The Morgan fingerprint density at radius 2 is 1.36 bits per heavy atom. The highest BCUT2D eigenvalue weighted by atomic mass is 16.5. The summed E-state index contributed by atoms with van der Waals surface area (Å²) in [6.07, 6.45) is 2.24. The quantitative estimate of drug-likeness (QED) is 0.372. The molecule has 0 radical (unpaired) electrons. The summed E-state index contributed by atoms with van der Waals surface area (Å²) in [5.41, 5.74) is 0. The van der Waals surface area contributed by atoms with E-state index in [1.165, 1.54) is 0 Å². The van der Waals surface area contributed by atoms with Crippen LogP contribution >= 0.6 is 0 Å². The molecule has 0 spiro atoms. The summed E-state index contributed by atoms with van der Waals surface area (Å²) < 4.78 is 4.41. The third-order valence-electron chi connectivity index (χ3n) is 2.66. The van der Waals surface area contributed by atoms with Crippen LogP contribution in [0.15, 0.2) is 16.5 Å². The average molecular weight is 364 g/mol. The molecule has 9 heteroatoms. The van der Waals surface area contributed by atoms with Gasteiger partial charge >= 0.3 is 11.9 Å². The van der Waals surface area contributed by atoms with E-state index >= 15 is 0 Å². The smallest absolute Gasteiger partial charge is 0.371 e. The van der Waals surface area contributed by atoms with E-state index in [0.717, 1.165) is 31.4 Å². The van der Waals surface area contributed by atoms with Crippen LogP contribution in [0.5, 0.6) is 0 Å². The fraction of sp³-hybridized carbons (Fsp3) is 0.625. The molecule has 0 saturated heterocycles. The first-order valence-corrected chi connectivity index (χ1v) is 7.90. The number of carboxylic acid groups (broad SMARTS) is 2. The summed E-state index contributed by atoms with van der Waals surface area (Å²) in [5.74, 6) is -3.31. The molecule has 0 aliphatic carbocycles. The van der Waals surface area contributed by atoms with Crippen LogP contribution in [0.25, 0.3) is 0 Å². The van der Waals surface area contributed by atoms with Crippen LogP contribution in [-0.2, 0) is 0 Å². The lowest BCUT2D eigenvalue weighted by atomic mass is 10.2. The Morgan fingerprint density at radius 1 is 0.920 bits per heavy atom. The van der Waals surface area contributed by atoms with E-state index in [1.54, 1.807) is 0 Å². The number of hydrogen-bond donors (Lipinski definition) is 6. The SMILES string of the molecule is CCCC(O)CCO.CCCC(O)O.O=C(O)c1ccc(C(=O)O)o1. The summed E-state index contributed by atoms with van der Waals surface area (Å²) in [6.45, 7) is 4.02. The highest BCUT2D eigenvalue weighted by Crippen LogP contribution is 2.06. The van der Waals surface area contributed by atoms with Crippen LogP contribution < -0.4 is 0 Å². The van der Waals surface area contributed by atoms with Crippen molar-refractivity contribution in [2.45, 2.75) is 58.3 Å². The number of furan rings is 1. The summed E-state index contributed by atoms with van der Waals surface area (Å²) in [6, 6.07) is 2.18. The van der Waals surface area contributed by atoms with Crippen molar-refractivity contribution in [1.82, 2.24) is 0 Å². The first-order valence-electron chi connectivity index (χ1n) is 7.90. The van der Waals surface area contributed by atoms with E-state index in [9.17, 15) is 9.59 Å². The van der Waals surface area contributed by atoms with Gasteiger partial charge in [0.2, 0.25) is 11.5 Å². The third-order valence-corrected chi connectivity index (χ3v) is 2.66. The Balaban J connectivity index is 0. The number of hydrogen-bond acceptors (Lipinski definition) is 7. The molecule has 0 aliphatic heterocycles. The predicted molar refractivity (Wildman–Crippen MR) is 88.4 cm³/mol. The molecule has 146 valence electrons. The van der Waals surface area contributed by atoms with Gasteiger partial charge in [-0.2, -0.15) is 0 Å². The molecule has 0 fully saturated rings. The largest absolute Gasteiger partial charge is 0.475 e. The Morgan fingerprint density at radius 3 is 1.56 bits per heavy atom. The van der Waals surface area contributed by atoms with Gasteiger partial charge in [-0.3, -0.25) is 0 Å². The zero-order chi connectivity index (χ0) is 19.8. The van der Waals surface area contributed by atoms with E-state index < -0.39 is 18.2 Å². The molecule has 6 N–H and O–H groups in total. The maximum Gasteiger partial charge on any atom is 0.371 e. The molecule has 0 bridgehead atoms. The highest BCUT2D eigenvalue weighted by molar-refractivity contribution is 5.88. The van der Waals surface area contributed by atoms with Crippen molar-refractivity contribution in [3.63, 3.8) is 0 Å². The average Bonchev–Trinajstić information content (AvgIpc) is 2.99. The van der Waals surface area contributed by atoms with Crippen LogP contribution in [-0.4, -0.2) is 61.6 Å². The first kappa shape index (κ1) is 25.3. The van der Waals surface area contributed by atoms with Gasteiger partial charge in [-0.1, -0.05) is 26.7 Å². The molecule has 1 aromatic rings. The molecule has 1 heterocycles. The predicted octanol–water partition coefficient (Wildman–Crippen LogP) is 1.30. The highest BCUT2D eigenvalue weighted by Gasteiger charge is 2.12. The molecule has 1 rings (SSSR count). The minimum absolute atomic E-state index is 0.0984. The van der Waals surface area contributed by atoms with Gasteiger partial charge in [0.05, 0.1) is 6.10 Å². The second-order valence-electron chi connectivity index (χ2n) is 5.00. The van der Waals surface area contributed by atoms with Crippen molar-refractivity contribution < 1.29 is 44.6 Å². The summed E-state index contributed by atoms with van der Waals surface area (Å²) in [4.78, 5) is 20.3. The molecule has 0 amide bonds. The normalized spacial score (nSPS) is 11.0. The fourth-order valence-corrected chi connectivity index (χ4v) is 1.45. The Bertz CT molecular complexity index is 433. The van der Waals surface area contributed by atoms with E-state index in [2.05, 4.69) is 4.42 Å². The van der Waals surface area contributed by atoms with E-state index in [4.69, 9.17) is 30.6 Å². The molecule has 25 heavy (non-hydrogen) atoms. The first-order chi connectivity index (χ1) is 11.7. The number of rotatable bonds is 8. The van der Waals surface area contributed by atoms with Crippen molar-refractivity contribution in [2.75, 3.05) is 6.61 Å². The second kappa shape index (κ2) is 15.6. The van der Waals surface area contributed by atoms with Crippen LogP contribution in [0.3, 0.4) is 0 Å². The van der Waals surface area contributed by atoms with Crippen LogP contribution in [0.2, 0.25) is 0 Å². The van der Waals surface area contributed by atoms with Gasteiger partial charge in [-0.25, -0.2) is 9.59 Å². The molecule has 1 unspecified atom stereocenters. The number of aliphatic hydroxyl groups is 4. The minimum Gasteiger partial charge on any atom is -0.475 e. The minimum atomic E-state index is -1.28. The van der Waals surface area contributed by atoms with E-state index in [0.29, 0.717) is 12.8 Å². The monoisotopic (exact) mass is 364 g/mol. The van der Waals surface area contributed by atoms with Gasteiger partial charge in [0, 0.05) is 6.61 Å². The summed E-state index contributed by atoms with van der Waals surface area (Å²) in [7, 11) is 0. The summed E-state index contributed by atoms with van der Waals surface area (Å²) in [5, 5.41) is 50.0. The van der Waals surface area contributed by atoms with Gasteiger partial charge < -0.3 is 35.1 Å². The molecule has 0 aliphatic rings. The van der Waals surface area contributed by atoms with Gasteiger partial charge in [-0.15, -0.1) is 0 Å². The van der Waals surface area contributed by atoms with Crippen molar-refractivity contribution >= 4 is 11.9 Å². The molecule has 9 nitrogen and oxygen atoms in total. The molecule has 1 aromatic heterocycles. The summed E-state index contributed by atoms with van der Waals surface area (Å²) >= 11 is 0. The van der Waals surface area contributed by atoms with E-state index in [-0.39, 0.29) is 24.2 Å². The van der Waals surface area contributed by atoms with Crippen molar-refractivity contribution in [3.8, 4) is 0 Å². The van der Waals surface area contributed by atoms with Crippen LogP contribution in [0.4, 0.5) is 0 Å². The van der Waals surface area contributed by atoms with E-state index in [1.807, 2.05) is 13.8 Å². The number of carboxylic acids is 2. The maximum absolute atomic E-state index is 10.2. The topological polar surface area (TPSA) is 169 Å². The Labute approximate surface area is 146 Å². The molecule has 0 aromatic carbocycles. The Hall–Kier alpha value is -1.94. The Kier molecular flexibility index (Phi) is 15.8.